The van der Waals surface area contributed by atoms with Crippen molar-refractivity contribution in [2.75, 3.05) is 49.6 Å². The number of phenolic OH excluding ortho intramolecular Hbond substituents is 1. The Kier molecular flexibility index (Phi) is 6.21. The number of benzene rings is 2. The number of ether oxygens (including phenoxy) is 1. The molecule has 5 heterocycles. The molecule has 0 spiro atoms. The van der Waals surface area contributed by atoms with Gasteiger partial charge in [0.25, 0.3) is 0 Å². The number of fused-ring (bicyclic) bond motifs is 4. The Hall–Kier alpha value is -2.81. The average Bonchev–Trinajstić information content (AvgIpc) is 3.51. The zero-order valence-corrected chi connectivity index (χ0v) is 22.6. The molecule has 0 unspecified atom stereocenters. The minimum atomic E-state index is 0.107. The quantitative estimate of drug-likeness (QED) is 0.509. The standard InChI is InChI=1S/C29H35ClN6O2/c1-34-11-4-5-20(34)17-38-29-32-24-16-35(25-13-26(37)27(30)22-7-3-2-6-21(22)25)12-10-23(24)28(33-29)36-14-18-8-9-19(15-36)31-18/h2-3,6-7,13,18-20,31,37H,4-5,8-12,14-17H2,1H3/t18-,19+,20-/m0/s1. The van der Waals surface area contributed by atoms with E-state index < -0.39 is 0 Å². The molecule has 38 heavy (non-hydrogen) atoms. The molecule has 0 radical (unpaired) electrons. The maximum absolute atomic E-state index is 10.6. The number of nitrogens with zero attached hydrogens (tertiary/aromatic N) is 5. The van der Waals surface area contributed by atoms with Gasteiger partial charge in [-0.2, -0.15) is 9.97 Å². The van der Waals surface area contributed by atoms with Gasteiger partial charge in [-0.3, -0.25) is 0 Å². The van der Waals surface area contributed by atoms with Gasteiger partial charge in [0.2, 0.25) is 0 Å². The van der Waals surface area contributed by atoms with E-state index in [0.29, 0.717) is 42.3 Å². The van der Waals surface area contributed by atoms with Crippen molar-refractivity contribution in [3.8, 4) is 11.8 Å². The molecule has 3 fully saturated rings. The molecule has 8 nitrogen and oxygen atoms in total. The lowest BCUT2D eigenvalue weighted by Gasteiger charge is -2.37. The zero-order valence-electron chi connectivity index (χ0n) is 21.9. The molecule has 0 saturated carbocycles. The summed E-state index contributed by atoms with van der Waals surface area (Å²) >= 11 is 6.45. The Morgan fingerprint density at radius 2 is 1.84 bits per heavy atom. The average molecular weight is 535 g/mol. The first kappa shape index (κ1) is 24.2. The Labute approximate surface area is 228 Å². The van der Waals surface area contributed by atoms with Gasteiger partial charge in [0.1, 0.15) is 18.2 Å². The molecule has 1 aromatic heterocycles. The molecule has 2 N–H and O–H groups in total. The van der Waals surface area contributed by atoms with Crippen molar-refractivity contribution >= 4 is 33.9 Å². The predicted octanol–water partition coefficient (Wildman–Crippen LogP) is 3.97. The lowest BCUT2D eigenvalue weighted by Crippen LogP contribution is -2.52. The summed E-state index contributed by atoms with van der Waals surface area (Å²) in [5.41, 5.74) is 3.22. The number of rotatable bonds is 5. The number of piperazine rings is 1. The number of halogens is 1. The third-order valence-electron chi connectivity index (χ3n) is 8.89. The van der Waals surface area contributed by atoms with E-state index in [4.69, 9.17) is 26.3 Å². The number of anilines is 2. The number of hydrogen-bond acceptors (Lipinski definition) is 8. The molecule has 0 aliphatic carbocycles. The van der Waals surface area contributed by atoms with Crippen LogP contribution in [0.25, 0.3) is 10.8 Å². The molecule has 2 aromatic carbocycles. The fraction of sp³-hybridized carbons (Fsp3) is 0.517. The van der Waals surface area contributed by atoms with Crippen LogP contribution in [0.4, 0.5) is 11.5 Å². The molecular weight excluding hydrogens is 500 g/mol. The van der Waals surface area contributed by atoms with Gasteiger partial charge in [-0.1, -0.05) is 35.9 Å². The summed E-state index contributed by atoms with van der Waals surface area (Å²) in [6, 6.07) is 11.7. The van der Waals surface area contributed by atoms with Crippen LogP contribution in [0, 0.1) is 0 Å². The third-order valence-corrected chi connectivity index (χ3v) is 9.29. The SMILES string of the molecule is CN1CCC[C@H]1COc1nc2c(c(N3C[C@H]4CC[C@@H](C3)N4)n1)CCN(c1cc(O)c(Cl)c3ccccc13)C2. The molecular formula is C29H35ClN6O2. The second-order valence-electron chi connectivity index (χ2n) is 11.3. The largest absolute Gasteiger partial charge is 0.506 e. The minimum absolute atomic E-state index is 0.107. The Morgan fingerprint density at radius 1 is 1.05 bits per heavy atom. The van der Waals surface area contributed by atoms with Crippen LogP contribution in [-0.4, -0.2) is 77.9 Å². The second kappa shape index (κ2) is 9.74. The van der Waals surface area contributed by atoms with E-state index in [1.165, 1.54) is 24.8 Å². The van der Waals surface area contributed by atoms with E-state index in [2.05, 4.69) is 33.1 Å². The minimum Gasteiger partial charge on any atom is -0.506 e. The van der Waals surface area contributed by atoms with E-state index >= 15 is 0 Å². The monoisotopic (exact) mass is 534 g/mol. The highest BCUT2D eigenvalue weighted by molar-refractivity contribution is 6.37. The van der Waals surface area contributed by atoms with E-state index in [1.807, 2.05) is 18.2 Å². The number of likely N-dealkylation sites (tertiary alicyclic amines) is 1. The van der Waals surface area contributed by atoms with Crippen molar-refractivity contribution in [2.24, 2.45) is 0 Å². The van der Waals surface area contributed by atoms with Crippen LogP contribution in [0.15, 0.2) is 30.3 Å². The highest BCUT2D eigenvalue weighted by Gasteiger charge is 2.35. The van der Waals surface area contributed by atoms with Crippen molar-refractivity contribution in [1.29, 1.82) is 0 Å². The summed E-state index contributed by atoms with van der Waals surface area (Å²) in [5, 5.41) is 16.6. The van der Waals surface area contributed by atoms with Gasteiger partial charge >= 0.3 is 6.01 Å². The van der Waals surface area contributed by atoms with E-state index in [0.717, 1.165) is 67.0 Å². The molecule has 200 valence electrons. The van der Waals surface area contributed by atoms with Crippen LogP contribution in [0.3, 0.4) is 0 Å². The van der Waals surface area contributed by atoms with Gasteiger partial charge in [0.15, 0.2) is 0 Å². The highest BCUT2D eigenvalue weighted by Crippen LogP contribution is 2.41. The molecule has 3 atom stereocenters. The fourth-order valence-electron chi connectivity index (χ4n) is 6.82. The third kappa shape index (κ3) is 4.32. The predicted molar refractivity (Wildman–Crippen MR) is 151 cm³/mol. The van der Waals surface area contributed by atoms with Crippen molar-refractivity contribution < 1.29 is 9.84 Å². The van der Waals surface area contributed by atoms with Crippen LogP contribution < -0.4 is 19.9 Å². The van der Waals surface area contributed by atoms with Gasteiger partial charge in [-0.25, -0.2) is 0 Å². The van der Waals surface area contributed by atoms with Gasteiger partial charge in [-0.15, -0.1) is 0 Å². The summed E-state index contributed by atoms with van der Waals surface area (Å²) in [6.45, 7) is 5.13. The number of phenols is 1. The lowest BCUT2D eigenvalue weighted by molar-refractivity contribution is 0.187. The summed E-state index contributed by atoms with van der Waals surface area (Å²) in [7, 11) is 2.17. The number of aromatic nitrogens is 2. The Morgan fingerprint density at radius 3 is 2.61 bits per heavy atom. The summed E-state index contributed by atoms with van der Waals surface area (Å²) < 4.78 is 6.29. The van der Waals surface area contributed by atoms with Crippen molar-refractivity contribution in [1.82, 2.24) is 20.2 Å². The maximum atomic E-state index is 10.6. The summed E-state index contributed by atoms with van der Waals surface area (Å²) in [4.78, 5) is 17.1. The summed E-state index contributed by atoms with van der Waals surface area (Å²) in [5.74, 6) is 1.15. The first-order valence-electron chi connectivity index (χ1n) is 13.9. The molecule has 3 aromatic rings. The molecule has 4 aliphatic heterocycles. The molecule has 7 rings (SSSR count). The van der Waals surface area contributed by atoms with Gasteiger partial charge < -0.3 is 29.9 Å². The Balaban J connectivity index is 1.24. The molecule has 0 amide bonds. The number of hydrogen-bond donors (Lipinski definition) is 2. The molecule has 4 aliphatic rings. The summed E-state index contributed by atoms with van der Waals surface area (Å²) in [6.07, 6.45) is 5.66. The number of aromatic hydroxyl groups is 1. The molecule has 9 heteroatoms. The lowest BCUT2D eigenvalue weighted by atomic mass is 10.0. The molecule has 2 bridgehead atoms. The van der Waals surface area contributed by atoms with Crippen LogP contribution >= 0.6 is 11.6 Å². The van der Waals surface area contributed by atoms with Crippen LogP contribution in [-0.2, 0) is 13.0 Å². The zero-order chi connectivity index (χ0) is 25.8. The fourth-order valence-corrected chi connectivity index (χ4v) is 7.04. The maximum Gasteiger partial charge on any atom is 0.318 e. The smallest absolute Gasteiger partial charge is 0.318 e. The van der Waals surface area contributed by atoms with E-state index in [1.54, 1.807) is 6.07 Å². The highest BCUT2D eigenvalue weighted by atomic mass is 35.5. The second-order valence-corrected chi connectivity index (χ2v) is 11.7. The van der Waals surface area contributed by atoms with Crippen molar-refractivity contribution in [3.63, 3.8) is 0 Å². The van der Waals surface area contributed by atoms with Gasteiger partial charge in [-0.05, 0) is 45.7 Å². The van der Waals surface area contributed by atoms with Gasteiger partial charge in [0, 0.05) is 65.8 Å². The first-order valence-corrected chi connectivity index (χ1v) is 14.3. The van der Waals surface area contributed by atoms with E-state index in [9.17, 15) is 5.11 Å². The van der Waals surface area contributed by atoms with Crippen LogP contribution in [0.1, 0.15) is 36.9 Å². The normalized spacial score (nSPS) is 25.3. The first-order chi connectivity index (χ1) is 18.5. The van der Waals surface area contributed by atoms with Crippen molar-refractivity contribution in [3.05, 3.63) is 46.6 Å². The van der Waals surface area contributed by atoms with Crippen LogP contribution in [0.5, 0.6) is 11.8 Å². The van der Waals surface area contributed by atoms with Crippen LogP contribution in [0.2, 0.25) is 5.02 Å². The number of nitrogens with one attached hydrogen (secondary N) is 1. The topological polar surface area (TPSA) is 77.0 Å². The Bertz CT molecular complexity index is 1360. The van der Waals surface area contributed by atoms with E-state index in [-0.39, 0.29) is 5.75 Å². The van der Waals surface area contributed by atoms with Crippen molar-refractivity contribution in [2.45, 2.75) is 56.8 Å². The number of likely N-dealkylation sites (N-methyl/N-ethyl adjacent to an activating group) is 1. The molecule has 3 saturated heterocycles. The van der Waals surface area contributed by atoms with Gasteiger partial charge in [0.05, 0.1) is 17.3 Å².